The fourth-order valence-electron chi connectivity index (χ4n) is 6.34. The van der Waals surface area contributed by atoms with E-state index in [0.29, 0.717) is 18.4 Å². The van der Waals surface area contributed by atoms with Gasteiger partial charge in [-0.25, -0.2) is 0 Å². The molecule has 0 amide bonds. The van der Waals surface area contributed by atoms with Crippen molar-refractivity contribution in [1.29, 1.82) is 0 Å². The molecule has 1 aliphatic heterocycles. The number of para-hydroxylation sites is 1. The fourth-order valence-corrected chi connectivity index (χ4v) is 7.09. The van der Waals surface area contributed by atoms with Crippen LogP contribution in [-0.2, 0) is 4.74 Å². The largest absolute Gasteiger partial charge is 0.489 e. The molecule has 0 bridgehead atoms. The van der Waals surface area contributed by atoms with Gasteiger partial charge in [0.1, 0.15) is 12.4 Å². The van der Waals surface area contributed by atoms with E-state index in [1.54, 1.807) is 5.57 Å². The zero-order valence-corrected chi connectivity index (χ0v) is 27.1. The second kappa shape index (κ2) is 12.9. The Hall–Kier alpha value is -3.66. The van der Waals surface area contributed by atoms with Crippen LogP contribution in [0.3, 0.4) is 0 Å². The van der Waals surface area contributed by atoms with Crippen LogP contribution in [0.25, 0.3) is 29.9 Å². The minimum Gasteiger partial charge on any atom is -0.489 e. The van der Waals surface area contributed by atoms with Crippen LogP contribution in [0.2, 0.25) is 25.7 Å². The lowest BCUT2D eigenvalue weighted by Gasteiger charge is -2.27. The summed E-state index contributed by atoms with van der Waals surface area (Å²) in [6.07, 6.45) is 18.4. The lowest BCUT2D eigenvalue weighted by atomic mass is 9.78. The SMILES string of the molecule is C1=Cc2ccccc2OC1.CC1=Cc2ccc3c(c2=CC1COCC[Si](C)(C)C)=CCC1=C3C=CC(c2ccccc2)C1. The summed E-state index contributed by atoms with van der Waals surface area (Å²) in [5.74, 6) is 1.86. The summed E-state index contributed by atoms with van der Waals surface area (Å²) in [5, 5.41) is 2.83. The number of fused-ring (bicyclic) bond motifs is 5. The number of ether oxygens (including phenoxy) is 2. The van der Waals surface area contributed by atoms with Crippen LogP contribution >= 0.6 is 0 Å². The third kappa shape index (κ3) is 6.95. The van der Waals surface area contributed by atoms with E-state index in [0.717, 1.165) is 31.8 Å². The molecule has 3 aromatic rings. The summed E-state index contributed by atoms with van der Waals surface area (Å²) in [6, 6.07) is 24.8. The summed E-state index contributed by atoms with van der Waals surface area (Å²) in [4.78, 5) is 0. The van der Waals surface area contributed by atoms with E-state index < -0.39 is 8.07 Å². The van der Waals surface area contributed by atoms with E-state index in [9.17, 15) is 0 Å². The van der Waals surface area contributed by atoms with Crippen molar-refractivity contribution in [3.63, 3.8) is 0 Å². The number of hydrogen-bond donors (Lipinski definition) is 0. The van der Waals surface area contributed by atoms with Gasteiger partial charge in [0, 0.05) is 32.1 Å². The first-order valence-electron chi connectivity index (χ1n) is 15.8. The summed E-state index contributed by atoms with van der Waals surface area (Å²) in [5.41, 5.74) is 9.79. The van der Waals surface area contributed by atoms with Gasteiger partial charge in [0.2, 0.25) is 0 Å². The zero-order valence-electron chi connectivity index (χ0n) is 26.1. The van der Waals surface area contributed by atoms with Gasteiger partial charge in [-0.15, -0.1) is 0 Å². The Labute approximate surface area is 258 Å². The van der Waals surface area contributed by atoms with Gasteiger partial charge < -0.3 is 9.47 Å². The first kappa shape index (κ1) is 29.4. The minimum atomic E-state index is -1.05. The van der Waals surface area contributed by atoms with E-state index in [1.165, 1.54) is 49.9 Å². The quantitative estimate of drug-likeness (QED) is 0.213. The molecule has 3 aliphatic carbocycles. The third-order valence-corrected chi connectivity index (χ3v) is 10.6. The Balaban J connectivity index is 0.000000277. The molecule has 7 rings (SSSR count). The Morgan fingerprint density at radius 1 is 0.884 bits per heavy atom. The molecule has 3 heteroatoms. The molecule has 2 unspecified atom stereocenters. The molecule has 0 aromatic heterocycles. The number of allylic oxidation sites excluding steroid dienone is 4. The Kier molecular flexibility index (Phi) is 8.83. The molecule has 0 spiro atoms. The van der Waals surface area contributed by atoms with Crippen LogP contribution in [-0.4, -0.2) is 27.9 Å². The van der Waals surface area contributed by atoms with E-state index >= 15 is 0 Å². The first-order chi connectivity index (χ1) is 20.9. The van der Waals surface area contributed by atoms with Crippen molar-refractivity contribution in [3.8, 4) is 5.75 Å². The summed E-state index contributed by atoms with van der Waals surface area (Å²) < 4.78 is 11.5. The highest BCUT2D eigenvalue weighted by molar-refractivity contribution is 6.76. The molecule has 220 valence electrons. The molecule has 43 heavy (non-hydrogen) atoms. The van der Waals surface area contributed by atoms with Crippen LogP contribution in [0.1, 0.15) is 47.9 Å². The monoisotopic (exact) mass is 584 g/mol. The summed E-state index contributed by atoms with van der Waals surface area (Å²) in [7, 11) is -1.05. The van der Waals surface area contributed by atoms with E-state index in [2.05, 4.69) is 105 Å². The first-order valence-corrected chi connectivity index (χ1v) is 19.5. The number of benzene rings is 3. The maximum Gasteiger partial charge on any atom is 0.126 e. The van der Waals surface area contributed by atoms with E-state index in [-0.39, 0.29) is 0 Å². The standard InChI is InChI=1S/C31H36OSi.C9H8O/c1-22-18-25-11-14-29-28-13-10-24(23-8-6-5-7-9-23)19-26(28)12-15-30(29)31(25)20-27(22)21-32-16-17-33(2,3)4;1-2-6-9-8(4-1)5-3-7-10-9/h5-11,13-15,18,20,24,27H,12,16-17,19,21H2,1-4H3;1-6H,7H2. The third-order valence-electron chi connectivity index (χ3n) is 8.91. The Bertz CT molecular complexity index is 1720. The Morgan fingerprint density at radius 3 is 2.51 bits per heavy atom. The van der Waals surface area contributed by atoms with Crippen molar-refractivity contribution in [1.82, 2.24) is 0 Å². The predicted octanol–water partition coefficient (Wildman–Crippen LogP) is 8.63. The molecule has 3 aromatic carbocycles. The fraction of sp³-hybridized carbons (Fsp3) is 0.300. The smallest absolute Gasteiger partial charge is 0.126 e. The molecule has 2 nitrogen and oxygen atoms in total. The normalized spacial score (nSPS) is 19.7. The van der Waals surface area contributed by atoms with Gasteiger partial charge >= 0.3 is 0 Å². The van der Waals surface area contributed by atoms with Crippen molar-refractivity contribution in [2.24, 2.45) is 5.92 Å². The second-order valence-electron chi connectivity index (χ2n) is 13.3. The van der Waals surface area contributed by atoms with Crippen LogP contribution in [0.15, 0.2) is 96.1 Å². The molecule has 1 heterocycles. The van der Waals surface area contributed by atoms with Crippen LogP contribution in [0.4, 0.5) is 0 Å². The van der Waals surface area contributed by atoms with Crippen molar-refractivity contribution < 1.29 is 9.47 Å². The van der Waals surface area contributed by atoms with Crippen molar-refractivity contribution in [2.45, 2.75) is 51.4 Å². The molecule has 4 aliphatic rings. The summed E-state index contributed by atoms with van der Waals surface area (Å²) in [6.45, 7) is 11.9. The van der Waals surface area contributed by atoms with Crippen molar-refractivity contribution in [3.05, 3.63) is 129 Å². The van der Waals surface area contributed by atoms with Gasteiger partial charge in [-0.2, -0.15) is 0 Å². The lowest BCUT2D eigenvalue weighted by Crippen LogP contribution is -2.35. The molecular formula is C40H44O2Si. The topological polar surface area (TPSA) is 18.5 Å². The van der Waals surface area contributed by atoms with Gasteiger partial charge in [0.05, 0.1) is 6.61 Å². The highest BCUT2D eigenvalue weighted by Gasteiger charge is 2.23. The van der Waals surface area contributed by atoms with Gasteiger partial charge in [-0.05, 0) is 70.7 Å². The second-order valence-corrected chi connectivity index (χ2v) is 19.0. The van der Waals surface area contributed by atoms with Gasteiger partial charge in [0.25, 0.3) is 0 Å². The van der Waals surface area contributed by atoms with Crippen molar-refractivity contribution >= 4 is 38.0 Å². The maximum atomic E-state index is 6.15. The number of rotatable bonds is 6. The van der Waals surface area contributed by atoms with E-state index in [1.807, 2.05) is 30.3 Å². The van der Waals surface area contributed by atoms with Gasteiger partial charge in [-0.3, -0.25) is 0 Å². The highest BCUT2D eigenvalue weighted by atomic mass is 28.3. The number of hydrogen-bond acceptors (Lipinski definition) is 2. The molecule has 0 saturated carbocycles. The molecule has 0 radical (unpaired) electrons. The minimum absolute atomic E-state index is 0.374. The van der Waals surface area contributed by atoms with Gasteiger partial charge in [-0.1, -0.05) is 128 Å². The molecule has 2 atom stereocenters. The Morgan fingerprint density at radius 2 is 1.70 bits per heavy atom. The summed E-state index contributed by atoms with van der Waals surface area (Å²) >= 11 is 0. The molecule has 0 N–H and O–H groups in total. The van der Waals surface area contributed by atoms with Gasteiger partial charge in [0.15, 0.2) is 0 Å². The average Bonchev–Trinajstić information content (AvgIpc) is 3.03. The lowest BCUT2D eigenvalue weighted by molar-refractivity contribution is 0.136. The van der Waals surface area contributed by atoms with Crippen LogP contribution in [0.5, 0.6) is 5.75 Å². The molecule has 0 fully saturated rings. The van der Waals surface area contributed by atoms with Crippen molar-refractivity contribution in [2.75, 3.05) is 19.8 Å². The molecule has 0 saturated heterocycles. The zero-order chi connectivity index (χ0) is 29.8. The van der Waals surface area contributed by atoms with Crippen LogP contribution in [0, 0.1) is 5.92 Å². The maximum absolute atomic E-state index is 6.15. The molecular weight excluding hydrogens is 541 g/mol. The van der Waals surface area contributed by atoms with E-state index in [4.69, 9.17) is 9.47 Å². The predicted molar refractivity (Wildman–Crippen MR) is 186 cm³/mol. The van der Waals surface area contributed by atoms with Crippen LogP contribution < -0.4 is 15.2 Å². The average molecular weight is 585 g/mol. The highest BCUT2D eigenvalue weighted by Crippen LogP contribution is 2.38.